The Hall–Kier alpha value is -2.20. The second-order valence-electron chi connectivity index (χ2n) is 9.02. The molecule has 0 fully saturated rings. The summed E-state index contributed by atoms with van der Waals surface area (Å²) < 4.78 is 13.8. The summed E-state index contributed by atoms with van der Waals surface area (Å²) in [5.41, 5.74) is 2.78. The summed E-state index contributed by atoms with van der Waals surface area (Å²) in [7, 11) is 0. The largest absolute Gasteiger partial charge is 0.310 e. The van der Waals surface area contributed by atoms with Crippen LogP contribution in [0.3, 0.4) is 0 Å². The van der Waals surface area contributed by atoms with E-state index >= 15 is 0 Å². The molecule has 0 radical (unpaired) electrons. The smallest absolute Gasteiger partial charge is 0.258 e. The van der Waals surface area contributed by atoms with Gasteiger partial charge in [-0.3, -0.25) is 4.79 Å². The highest BCUT2D eigenvalue weighted by molar-refractivity contribution is 6.31. The molecule has 0 saturated carbocycles. The Kier molecular flexibility index (Phi) is 14.0. The van der Waals surface area contributed by atoms with Crippen molar-refractivity contribution in [1.82, 2.24) is 9.97 Å². The molecular formula is C29H44ClFN2O. The third kappa shape index (κ3) is 9.58. The van der Waals surface area contributed by atoms with Gasteiger partial charge in [0.2, 0.25) is 0 Å². The molecule has 5 heteroatoms. The highest BCUT2D eigenvalue weighted by Gasteiger charge is 2.22. The van der Waals surface area contributed by atoms with E-state index in [0.29, 0.717) is 28.0 Å². The molecule has 1 aromatic heterocycles. The van der Waals surface area contributed by atoms with Gasteiger partial charge < -0.3 is 4.98 Å². The first-order valence-electron chi connectivity index (χ1n) is 12.2. The lowest BCUT2D eigenvalue weighted by Crippen LogP contribution is -2.18. The van der Waals surface area contributed by atoms with E-state index < -0.39 is 5.67 Å². The molecule has 1 N–H and O–H groups in total. The second kappa shape index (κ2) is 14.9. The fraction of sp³-hybridized carbons (Fsp3) is 0.517. The molecule has 0 spiro atoms. The van der Waals surface area contributed by atoms with Crippen molar-refractivity contribution in [2.45, 2.75) is 99.6 Å². The van der Waals surface area contributed by atoms with E-state index in [4.69, 9.17) is 11.6 Å². The molecule has 3 nitrogen and oxygen atoms in total. The fourth-order valence-corrected chi connectivity index (χ4v) is 3.85. The van der Waals surface area contributed by atoms with Crippen molar-refractivity contribution >= 4 is 23.8 Å². The topological polar surface area (TPSA) is 45.8 Å². The van der Waals surface area contributed by atoms with E-state index in [-0.39, 0.29) is 11.5 Å². The van der Waals surface area contributed by atoms with Gasteiger partial charge in [0.25, 0.3) is 5.56 Å². The summed E-state index contributed by atoms with van der Waals surface area (Å²) in [6.07, 6.45) is 5.24. The quantitative estimate of drug-likeness (QED) is 0.420. The minimum atomic E-state index is -1.24. The maximum Gasteiger partial charge on any atom is 0.258 e. The van der Waals surface area contributed by atoms with Crippen molar-refractivity contribution in [2.24, 2.45) is 0 Å². The lowest BCUT2D eigenvalue weighted by atomic mass is 9.88. The number of hydrogen-bond acceptors (Lipinski definition) is 2. The summed E-state index contributed by atoms with van der Waals surface area (Å²) >= 11 is 5.81. The van der Waals surface area contributed by atoms with Gasteiger partial charge in [-0.2, -0.15) is 0 Å². The highest BCUT2D eigenvalue weighted by atomic mass is 35.5. The van der Waals surface area contributed by atoms with E-state index in [1.54, 1.807) is 32.9 Å². The van der Waals surface area contributed by atoms with Gasteiger partial charge in [0, 0.05) is 11.0 Å². The van der Waals surface area contributed by atoms with Crippen LogP contribution >= 0.6 is 11.6 Å². The molecule has 0 saturated heterocycles. The first-order valence-corrected chi connectivity index (χ1v) is 12.6. The molecule has 34 heavy (non-hydrogen) atoms. The third-order valence-electron chi connectivity index (χ3n) is 5.37. The van der Waals surface area contributed by atoms with Gasteiger partial charge in [0.1, 0.15) is 11.5 Å². The number of aromatic amines is 1. The SMILES string of the molecule is C=Cc1nc(C(C)CCC)[nH]c(=O)c1/C=C(\C)Cl.CC.Cc1c(C(C)C)cccc1C(C)(C)F. The molecule has 0 aliphatic carbocycles. The molecule has 1 unspecified atom stereocenters. The molecule has 0 aliphatic heterocycles. The molecule has 1 heterocycles. The standard InChI is InChI=1S/C14H19ClN2O.C13H19F.C2H6/c1-5-7-9(3)13-16-12(6-2)11(8-10(4)15)14(18)17-13;1-9(2)11-7-6-8-12(10(11)3)13(4,5)14;1-2/h6,8-9H,2,5,7H2,1,3-4H3,(H,16,17,18);6-9H,1-5H3;1-2H3/b10-8+;;. The van der Waals surface area contributed by atoms with Crippen LogP contribution < -0.4 is 5.56 Å². The number of nitrogens with one attached hydrogen (secondary N) is 1. The van der Waals surface area contributed by atoms with Gasteiger partial charge in [-0.1, -0.05) is 84.3 Å². The summed E-state index contributed by atoms with van der Waals surface area (Å²) in [6, 6.07) is 5.90. The van der Waals surface area contributed by atoms with E-state index in [2.05, 4.69) is 50.3 Å². The van der Waals surface area contributed by atoms with Crippen molar-refractivity contribution in [2.75, 3.05) is 0 Å². The summed E-state index contributed by atoms with van der Waals surface area (Å²) in [6.45, 7) is 23.1. The first kappa shape index (κ1) is 31.8. The Morgan fingerprint density at radius 3 is 2.29 bits per heavy atom. The molecular weight excluding hydrogens is 447 g/mol. The van der Waals surface area contributed by atoms with Crippen molar-refractivity contribution in [3.05, 3.63) is 73.9 Å². The molecule has 190 valence electrons. The third-order valence-corrected chi connectivity index (χ3v) is 5.48. The number of aromatic nitrogens is 2. The molecule has 1 aromatic carbocycles. The Morgan fingerprint density at radius 2 is 1.85 bits per heavy atom. The van der Waals surface area contributed by atoms with Crippen LogP contribution in [-0.4, -0.2) is 9.97 Å². The summed E-state index contributed by atoms with van der Waals surface area (Å²) in [5, 5.41) is 0.541. The van der Waals surface area contributed by atoms with E-state index in [9.17, 15) is 9.18 Å². The predicted octanol–water partition coefficient (Wildman–Crippen LogP) is 9.27. The van der Waals surface area contributed by atoms with Crippen LogP contribution in [0.1, 0.15) is 121 Å². The normalized spacial score (nSPS) is 12.3. The number of alkyl halides is 1. The molecule has 2 rings (SSSR count). The molecule has 0 bridgehead atoms. The zero-order valence-electron chi connectivity index (χ0n) is 22.8. The minimum Gasteiger partial charge on any atom is -0.310 e. The Morgan fingerprint density at radius 1 is 1.26 bits per heavy atom. The van der Waals surface area contributed by atoms with Crippen LogP contribution in [0.15, 0.2) is 34.6 Å². The van der Waals surface area contributed by atoms with E-state index in [1.165, 1.54) is 5.56 Å². The van der Waals surface area contributed by atoms with Gasteiger partial charge in [-0.05, 0) is 68.9 Å². The summed E-state index contributed by atoms with van der Waals surface area (Å²) in [4.78, 5) is 19.3. The molecule has 2 aromatic rings. The second-order valence-corrected chi connectivity index (χ2v) is 9.62. The Labute approximate surface area is 211 Å². The zero-order valence-corrected chi connectivity index (χ0v) is 23.5. The molecule has 1 atom stereocenters. The maximum atomic E-state index is 13.8. The minimum absolute atomic E-state index is 0.169. The van der Waals surface area contributed by atoms with E-state index in [1.807, 2.05) is 32.9 Å². The van der Waals surface area contributed by atoms with Crippen LogP contribution in [0.5, 0.6) is 0 Å². The van der Waals surface area contributed by atoms with Crippen molar-refractivity contribution < 1.29 is 4.39 Å². The van der Waals surface area contributed by atoms with Crippen LogP contribution in [-0.2, 0) is 5.67 Å². The van der Waals surface area contributed by atoms with Crippen molar-refractivity contribution in [3.63, 3.8) is 0 Å². The van der Waals surface area contributed by atoms with Gasteiger partial charge in [0.15, 0.2) is 0 Å². The van der Waals surface area contributed by atoms with E-state index in [0.717, 1.165) is 24.0 Å². The van der Waals surface area contributed by atoms with Crippen LogP contribution in [0.2, 0.25) is 0 Å². The average Bonchev–Trinajstić information content (AvgIpc) is 2.75. The monoisotopic (exact) mass is 490 g/mol. The number of H-pyrrole nitrogens is 1. The average molecular weight is 491 g/mol. The number of hydrogen-bond donors (Lipinski definition) is 1. The number of allylic oxidation sites excluding steroid dienone is 1. The lowest BCUT2D eigenvalue weighted by molar-refractivity contribution is 0.220. The number of nitrogens with zero attached hydrogens (tertiary/aromatic N) is 1. The first-order chi connectivity index (χ1) is 15.8. The Balaban J connectivity index is 0.000000613. The molecule has 0 amide bonds. The number of halogens is 2. The highest BCUT2D eigenvalue weighted by Crippen LogP contribution is 2.31. The zero-order chi connectivity index (χ0) is 26.6. The van der Waals surface area contributed by atoms with Gasteiger partial charge >= 0.3 is 0 Å². The number of benzene rings is 1. The predicted molar refractivity (Wildman–Crippen MR) is 149 cm³/mol. The number of rotatable bonds is 7. The fourth-order valence-electron chi connectivity index (χ4n) is 3.74. The van der Waals surface area contributed by atoms with Crippen LogP contribution in [0.4, 0.5) is 4.39 Å². The van der Waals surface area contributed by atoms with Gasteiger partial charge in [0.05, 0.1) is 11.3 Å². The Bertz CT molecular complexity index is 996. The summed E-state index contributed by atoms with van der Waals surface area (Å²) in [5.74, 6) is 1.40. The van der Waals surface area contributed by atoms with Gasteiger partial charge in [-0.15, -0.1) is 0 Å². The van der Waals surface area contributed by atoms with Crippen LogP contribution in [0, 0.1) is 6.92 Å². The van der Waals surface area contributed by atoms with Gasteiger partial charge in [-0.25, -0.2) is 9.37 Å². The lowest BCUT2D eigenvalue weighted by Gasteiger charge is -2.21. The molecule has 0 aliphatic rings. The van der Waals surface area contributed by atoms with Crippen LogP contribution in [0.25, 0.3) is 12.2 Å². The van der Waals surface area contributed by atoms with Crippen molar-refractivity contribution in [3.8, 4) is 0 Å². The maximum absolute atomic E-state index is 13.8. The van der Waals surface area contributed by atoms with Crippen molar-refractivity contribution in [1.29, 1.82) is 0 Å².